The third kappa shape index (κ3) is 2.47. The molecular weight excluding hydrogens is 254 g/mol. The summed E-state index contributed by atoms with van der Waals surface area (Å²) in [5.41, 5.74) is 7.52. The average Bonchev–Trinajstić information content (AvgIpc) is 2.25. The van der Waals surface area contributed by atoms with Crippen molar-refractivity contribution in [2.75, 3.05) is 11.1 Å². The molecule has 2 aromatic rings. The number of nitrogens with two attached hydrogens (primary N) is 1. The lowest BCUT2D eigenvalue weighted by molar-refractivity contribution is 1.33. The molecule has 0 amide bonds. The Labute approximate surface area is 96.5 Å². The van der Waals surface area contributed by atoms with Gasteiger partial charge in [0.2, 0.25) is 0 Å². The van der Waals surface area contributed by atoms with Crippen LogP contribution in [0.5, 0.6) is 0 Å². The molecular formula is C11H10BrN3. The highest BCUT2D eigenvalue weighted by molar-refractivity contribution is 9.10. The molecule has 0 radical (unpaired) electrons. The largest absolute Gasteiger partial charge is 0.382 e. The molecule has 76 valence electrons. The van der Waals surface area contributed by atoms with E-state index in [9.17, 15) is 0 Å². The van der Waals surface area contributed by atoms with Gasteiger partial charge < -0.3 is 11.1 Å². The molecule has 0 saturated carbocycles. The van der Waals surface area contributed by atoms with Crippen LogP contribution in [-0.2, 0) is 0 Å². The van der Waals surface area contributed by atoms with Crippen LogP contribution >= 0.6 is 15.9 Å². The van der Waals surface area contributed by atoms with E-state index in [0.29, 0.717) is 5.82 Å². The Balaban J connectivity index is 2.22. The number of hydrogen-bond donors (Lipinski definition) is 2. The van der Waals surface area contributed by atoms with E-state index in [0.717, 1.165) is 15.8 Å². The molecule has 0 bridgehead atoms. The molecule has 4 heteroatoms. The number of nitrogens with one attached hydrogen (secondary N) is 1. The Morgan fingerprint density at radius 1 is 1.13 bits per heavy atom. The zero-order chi connectivity index (χ0) is 10.7. The molecule has 0 aliphatic heterocycles. The van der Waals surface area contributed by atoms with Gasteiger partial charge in [0, 0.05) is 16.4 Å². The molecule has 0 atom stereocenters. The predicted octanol–water partition coefficient (Wildman–Crippen LogP) is 3.17. The molecule has 1 aromatic heterocycles. The fourth-order valence-corrected chi connectivity index (χ4v) is 1.48. The second kappa shape index (κ2) is 4.31. The highest BCUT2D eigenvalue weighted by Gasteiger charge is 1.98. The van der Waals surface area contributed by atoms with E-state index in [1.807, 2.05) is 36.4 Å². The number of halogens is 1. The third-order valence-corrected chi connectivity index (χ3v) is 2.49. The van der Waals surface area contributed by atoms with Crippen LogP contribution in [0.4, 0.5) is 17.2 Å². The van der Waals surface area contributed by atoms with Gasteiger partial charge in [-0.3, -0.25) is 0 Å². The Kier molecular flexibility index (Phi) is 2.87. The monoisotopic (exact) mass is 263 g/mol. The van der Waals surface area contributed by atoms with Crippen LogP contribution in [0.1, 0.15) is 0 Å². The summed E-state index contributed by atoms with van der Waals surface area (Å²) in [7, 11) is 0. The number of rotatable bonds is 2. The highest BCUT2D eigenvalue weighted by Crippen LogP contribution is 2.21. The summed E-state index contributed by atoms with van der Waals surface area (Å²) < 4.78 is 1.05. The lowest BCUT2D eigenvalue weighted by Gasteiger charge is -2.07. The minimum Gasteiger partial charge on any atom is -0.382 e. The number of pyridine rings is 1. The topological polar surface area (TPSA) is 50.9 Å². The van der Waals surface area contributed by atoms with Gasteiger partial charge in [-0.25, -0.2) is 4.98 Å². The summed E-state index contributed by atoms with van der Waals surface area (Å²) in [6.45, 7) is 0. The smallest absolute Gasteiger partial charge is 0.147 e. The van der Waals surface area contributed by atoms with E-state index in [1.165, 1.54) is 0 Å². The maximum atomic E-state index is 5.72. The second-order valence-corrected chi connectivity index (χ2v) is 3.98. The SMILES string of the molecule is Nc1ncccc1Nc1ccc(Br)cc1. The van der Waals surface area contributed by atoms with Gasteiger partial charge in [0.15, 0.2) is 0 Å². The predicted molar refractivity (Wildman–Crippen MR) is 66.1 cm³/mol. The van der Waals surface area contributed by atoms with Crippen molar-refractivity contribution in [1.29, 1.82) is 0 Å². The van der Waals surface area contributed by atoms with Crippen molar-refractivity contribution in [1.82, 2.24) is 4.98 Å². The molecule has 15 heavy (non-hydrogen) atoms. The van der Waals surface area contributed by atoms with Crippen molar-refractivity contribution in [3.63, 3.8) is 0 Å². The van der Waals surface area contributed by atoms with Gasteiger partial charge in [-0.1, -0.05) is 15.9 Å². The van der Waals surface area contributed by atoms with Crippen molar-refractivity contribution in [2.24, 2.45) is 0 Å². The van der Waals surface area contributed by atoms with Crippen LogP contribution < -0.4 is 11.1 Å². The normalized spacial score (nSPS) is 9.93. The maximum Gasteiger partial charge on any atom is 0.147 e. The van der Waals surface area contributed by atoms with Crippen molar-refractivity contribution < 1.29 is 0 Å². The zero-order valence-electron chi connectivity index (χ0n) is 7.94. The first-order valence-electron chi connectivity index (χ1n) is 4.49. The number of nitrogens with zero attached hydrogens (tertiary/aromatic N) is 1. The van der Waals surface area contributed by atoms with Crippen LogP contribution in [-0.4, -0.2) is 4.98 Å². The Morgan fingerprint density at radius 2 is 1.87 bits per heavy atom. The number of nitrogen functional groups attached to an aromatic ring is 1. The molecule has 3 nitrogen and oxygen atoms in total. The molecule has 0 aliphatic rings. The fourth-order valence-electron chi connectivity index (χ4n) is 1.21. The van der Waals surface area contributed by atoms with E-state index in [4.69, 9.17) is 5.73 Å². The van der Waals surface area contributed by atoms with E-state index >= 15 is 0 Å². The first-order valence-corrected chi connectivity index (χ1v) is 5.28. The number of anilines is 3. The quantitative estimate of drug-likeness (QED) is 0.875. The summed E-state index contributed by atoms with van der Waals surface area (Å²) in [4.78, 5) is 4.00. The Hall–Kier alpha value is -1.55. The van der Waals surface area contributed by atoms with Crippen LogP contribution in [0.2, 0.25) is 0 Å². The van der Waals surface area contributed by atoms with Gasteiger partial charge >= 0.3 is 0 Å². The van der Waals surface area contributed by atoms with Crippen molar-refractivity contribution in [2.45, 2.75) is 0 Å². The number of benzene rings is 1. The highest BCUT2D eigenvalue weighted by atomic mass is 79.9. The summed E-state index contributed by atoms with van der Waals surface area (Å²) in [6.07, 6.45) is 1.67. The minimum atomic E-state index is 0.500. The molecule has 0 unspecified atom stereocenters. The first kappa shape index (κ1) is 9.98. The van der Waals surface area contributed by atoms with Gasteiger partial charge in [-0.15, -0.1) is 0 Å². The second-order valence-electron chi connectivity index (χ2n) is 3.07. The van der Waals surface area contributed by atoms with Gasteiger partial charge in [-0.05, 0) is 36.4 Å². The average molecular weight is 264 g/mol. The van der Waals surface area contributed by atoms with Crippen LogP contribution in [0.25, 0.3) is 0 Å². The molecule has 2 rings (SSSR count). The van der Waals surface area contributed by atoms with Gasteiger partial charge in [0.1, 0.15) is 5.82 Å². The zero-order valence-corrected chi connectivity index (χ0v) is 9.53. The Morgan fingerprint density at radius 3 is 2.53 bits per heavy atom. The minimum absolute atomic E-state index is 0.500. The van der Waals surface area contributed by atoms with E-state index in [2.05, 4.69) is 26.2 Å². The lowest BCUT2D eigenvalue weighted by Crippen LogP contribution is -1.97. The van der Waals surface area contributed by atoms with Gasteiger partial charge in [0.05, 0.1) is 5.69 Å². The van der Waals surface area contributed by atoms with E-state index in [-0.39, 0.29) is 0 Å². The number of hydrogen-bond acceptors (Lipinski definition) is 3. The number of aromatic nitrogens is 1. The first-order chi connectivity index (χ1) is 7.25. The van der Waals surface area contributed by atoms with Crippen LogP contribution in [0, 0.1) is 0 Å². The molecule has 0 saturated heterocycles. The van der Waals surface area contributed by atoms with E-state index < -0.39 is 0 Å². The summed E-state index contributed by atoms with van der Waals surface area (Å²) in [5, 5.41) is 3.19. The summed E-state index contributed by atoms with van der Waals surface area (Å²) in [6, 6.07) is 11.6. The van der Waals surface area contributed by atoms with Crippen molar-refractivity contribution in [3.8, 4) is 0 Å². The van der Waals surface area contributed by atoms with Gasteiger partial charge in [0.25, 0.3) is 0 Å². The molecule has 0 aliphatic carbocycles. The van der Waals surface area contributed by atoms with Crippen molar-refractivity contribution in [3.05, 3.63) is 47.1 Å². The maximum absolute atomic E-state index is 5.72. The molecule has 0 fully saturated rings. The van der Waals surface area contributed by atoms with E-state index in [1.54, 1.807) is 6.20 Å². The fraction of sp³-hybridized carbons (Fsp3) is 0. The van der Waals surface area contributed by atoms with Crippen molar-refractivity contribution >= 4 is 33.1 Å². The third-order valence-electron chi connectivity index (χ3n) is 1.96. The van der Waals surface area contributed by atoms with Crippen LogP contribution in [0.3, 0.4) is 0 Å². The van der Waals surface area contributed by atoms with Crippen LogP contribution in [0.15, 0.2) is 47.1 Å². The Bertz CT molecular complexity index is 454. The molecule has 1 aromatic carbocycles. The summed E-state index contributed by atoms with van der Waals surface area (Å²) >= 11 is 3.38. The molecule has 1 heterocycles. The summed E-state index contributed by atoms with van der Waals surface area (Å²) in [5.74, 6) is 0.500. The molecule has 0 spiro atoms. The lowest BCUT2D eigenvalue weighted by atomic mass is 10.3. The molecule has 3 N–H and O–H groups in total. The standard InChI is InChI=1S/C11H10BrN3/c12-8-3-5-9(6-4-8)15-10-2-1-7-14-11(10)13/h1-7,15H,(H2,13,14). The van der Waals surface area contributed by atoms with Gasteiger partial charge in [-0.2, -0.15) is 0 Å².